The zero-order valence-electron chi connectivity index (χ0n) is 10.7. The number of anilines is 1. The van der Waals surface area contributed by atoms with Crippen molar-refractivity contribution < 1.29 is 13.2 Å². The van der Waals surface area contributed by atoms with Crippen LogP contribution in [0.5, 0.6) is 0 Å². The van der Waals surface area contributed by atoms with Crippen LogP contribution in [-0.2, 0) is 6.18 Å². The van der Waals surface area contributed by atoms with E-state index in [1.165, 1.54) is 6.07 Å². The maximum Gasteiger partial charge on any atom is 0.417 e. The third-order valence-electron chi connectivity index (χ3n) is 4.21. The van der Waals surface area contributed by atoms with Crippen LogP contribution in [0.3, 0.4) is 0 Å². The Bertz CT molecular complexity index is 562. The van der Waals surface area contributed by atoms with Crippen LogP contribution in [0.1, 0.15) is 17.5 Å². The van der Waals surface area contributed by atoms with E-state index in [1.807, 2.05) is 4.90 Å². The van der Waals surface area contributed by atoms with Gasteiger partial charge in [0.1, 0.15) is 0 Å². The number of nitriles is 1. The molecule has 2 aliphatic rings. The second-order valence-electron chi connectivity index (χ2n) is 5.31. The standard InChI is InChI=1S/C14H14F3N3/c15-14(16,17)12-5-11(2-1-9(12)6-18)20-4-3-10-7-19-8-13(10)20/h1-2,5,10,13,19H,3-4,7-8H2/t10-,13+/m0/s1. The lowest BCUT2D eigenvalue weighted by Gasteiger charge is -2.26. The molecule has 0 spiro atoms. The van der Waals surface area contributed by atoms with E-state index in [0.717, 1.165) is 32.1 Å². The molecule has 0 aliphatic carbocycles. The van der Waals surface area contributed by atoms with E-state index in [-0.39, 0.29) is 11.6 Å². The van der Waals surface area contributed by atoms with Crippen LogP contribution in [-0.4, -0.2) is 25.7 Å². The summed E-state index contributed by atoms with van der Waals surface area (Å²) in [7, 11) is 0. The summed E-state index contributed by atoms with van der Waals surface area (Å²) in [6.45, 7) is 2.52. The van der Waals surface area contributed by atoms with E-state index in [4.69, 9.17) is 5.26 Å². The molecule has 2 saturated heterocycles. The van der Waals surface area contributed by atoms with Crippen LogP contribution in [0.4, 0.5) is 18.9 Å². The number of nitrogens with one attached hydrogen (secondary N) is 1. The number of hydrogen-bond donors (Lipinski definition) is 1. The molecule has 6 heteroatoms. The SMILES string of the molecule is N#Cc1ccc(N2CC[C@H]3CNC[C@H]32)cc1C(F)(F)F. The van der Waals surface area contributed by atoms with Crippen LogP contribution in [0, 0.1) is 17.2 Å². The Hall–Kier alpha value is -1.74. The lowest BCUT2D eigenvalue weighted by atomic mass is 10.0. The van der Waals surface area contributed by atoms with E-state index < -0.39 is 11.7 Å². The number of benzene rings is 1. The molecule has 3 nitrogen and oxygen atoms in total. The second-order valence-corrected chi connectivity index (χ2v) is 5.31. The molecule has 0 unspecified atom stereocenters. The summed E-state index contributed by atoms with van der Waals surface area (Å²) in [5.41, 5.74) is -0.596. The molecule has 3 rings (SSSR count). The first-order chi connectivity index (χ1) is 9.50. The van der Waals surface area contributed by atoms with Gasteiger partial charge in [-0.15, -0.1) is 0 Å². The summed E-state index contributed by atoms with van der Waals surface area (Å²) in [4.78, 5) is 2.03. The van der Waals surface area contributed by atoms with E-state index in [2.05, 4.69) is 5.32 Å². The Balaban J connectivity index is 1.97. The molecule has 1 aromatic carbocycles. The summed E-state index contributed by atoms with van der Waals surface area (Å²) in [6.07, 6.45) is -3.49. The summed E-state index contributed by atoms with van der Waals surface area (Å²) in [6, 6.07) is 5.88. The topological polar surface area (TPSA) is 39.1 Å². The minimum Gasteiger partial charge on any atom is -0.367 e. The third kappa shape index (κ3) is 2.12. The van der Waals surface area contributed by atoms with Crippen molar-refractivity contribution in [3.8, 4) is 6.07 Å². The van der Waals surface area contributed by atoms with Gasteiger partial charge in [0, 0.05) is 31.4 Å². The van der Waals surface area contributed by atoms with Gasteiger partial charge in [-0.05, 0) is 30.5 Å². The first-order valence-corrected chi connectivity index (χ1v) is 6.59. The predicted octanol–water partition coefficient (Wildman–Crippen LogP) is 2.38. The van der Waals surface area contributed by atoms with Crippen molar-refractivity contribution >= 4 is 5.69 Å². The molecule has 1 aromatic rings. The number of halogens is 3. The largest absolute Gasteiger partial charge is 0.417 e. The monoisotopic (exact) mass is 281 g/mol. The highest BCUT2D eigenvalue weighted by atomic mass is 19.4. The van der Waals surface area contributed by atoms with Gasteiger partial charge in [0.05, 0.1) is 17.2 Å². The average Bonchev–Trinajstić information content (AvgIpc) is 2.99. The van der Waals surface area contributed by atoms with Gasteiger partial charge in [0.15, 0.2) is 0 Å². The lowest BCUT2D eigenvalue weighted by molar-refractivity contribution is -0.137. The van der Waals surface area contributed by atoms with E-state index in [9.17, 15) is 13.2 Å². The van der Waals surface area contributed by atoms with Crippen molar-refractivity contribution in [3.05, 3.63) is 29.3 Å². The average molecular weight is 281 g/mol. The molecule has 2 aliphatic heterocycles. The summed E-state index contributed by atoms with van der Waals surface area (Å²) in [5.74, 6) is 0.514. The molecule has 2 fully saturated rings. The van der Waals surface area contributed by atoms with Crippen LogP contribution < -0.4 is 10.2 Å². The van der Waals surface area contributed by atoms with Gasteiger partial charge in [-0.25, -0.2) is 0 Å². The smallest absolute Gasteiger partial charge is 0.367 e. The zero-order chi connectivity index (χ0) is 14.3. The van der Waals surface area contributed by atoms with E-state index >= 15 is 0 Å². The number of rotatable bonds is 1. The maximum absolute atomic E-state index is 13.0. The van der Waals surface area contributed by atoms with Crippen molar-refractivity contribution in [1.29, 1.82) is 5.26 Å². The molecule has 0 amide bonds. The van der Waals surface area contributed by atoms with Gasteiger partial charge in [-0.1, -0.05) is 0 Å². The molecule has 2 heterocycles. The fourth-order valence-corrected chi connectivity index (χ4v) is 3.21. The maximum atomic E-state index is 13.0. The van der Waals surface area contributed by atoms with Gasteiger partial charge in [0.25, 0.3) is 0 Å². The summed E-state index contributed by atoms with van der Waals surface area (Å²) in [5, 5.41) is 12.1. The molecule has 1 N–H and O–H groups in total. The van der Waals surface area contributed by atoms with Gasteiger partial charge in [-0.3, -0.25) is 0 Å². The Morgan fingerprint density at radius 1 is 1.30 bits per heavy atom. The predicted molar refractivity (Wildman–Crippen MR) is 68.3 cm³/mol. The van der Waals surface area contributed by atoms with Crippen molar-refractivity contribution in [3.63, 3.8) is 0 Å². The molecule has 2 atom stereocenters. The van der Waals surface area contributed by atoms with Crippen molar-refractivity contribution in [2.24, 2.45) is 5.92 Å². The van der Waals surface area contributed by atoms with Crippen LogP contribution in [0.15, 0.2) is 18.2 Å². The lowest BCUT2D eigenvalue weighted by Crippen LogP contribution is -2.34. The molecule has 106 valence electrons. The molecule has 0 bridgehead atoms. The van der Waals surface area contributed by atoms with Crippen LogP contribution in [0.2, 0.25) is 0 Å². The fraction of sp³-hybridized carbons (Fsp3) is 0.500. The third-order valence-corrected chi connectivity index (χ3v) is 4.21. The van der Waals surface area contributed by atoms with E-state index in [1.54, 1.807) is 12.1 Å². The molecule has 0 aromatic heterocycles. The molecule has 0 radical (unpaired) electrons. The Labute approximate surface area is 115 Å². The van der Waals surface area contributed by atoms with E-state index in [0.29, 0.717) is 11.6 Å². The van der Waals surface area contributed by atoms with Crippen molar-refractivity contribution in [2.75, 3.05) is 24.5 Å². The van der Waals surface area contributed by atoms with Gasteiger partial charge in [-0.2, -0.15) is 18.4 Å². The highest BCUT2D eigenvalue weighted by Gasteiger charge is 2.39. The zero-order valence-corrected chi connectivity index (χ0v) is 10.7. The second kappa shape index (κ2) is 4.67. The van der Waals surface area contributed by atoms with Gasteiger partial charge in [0.2, 0.25) is 0 Å². The highest BCUT2D eigenvalue weighted by molar-refractivity contribution is 5.56. The number of fused-ring (bicyclic) bond motifs is 1. The van der Waals surface area contributed by atoms with Gasteiger partial charge < -0.3 is 10.2 Å². The van der Waals surface area contributed by atoms with Crippen molar-refractivity contribution in [1.82, 2.24) is 5.32 Å². The van der Waals surface area contributed by atoms with Crippen LogP contribution in [0.25, 0.3) is 0 Å². The summed E-state index contributed by atoms with van der Waals surface area (Å²) >= 11 is 0. The number of nitrogens with zero attached hydrogens (tertiary/aromatic N) is 2. The summed E-state index contributed by atoms with van der Waals surface area (Å²) < 4.78 is 39.0. The first kappa shape index (κ1) is 13.3. The molecule has 20 heavy (non-hydrogen) atoms. The number of alkyl halides is 3. The highest BCUT2D eigenvalue weighted by Crippen LogP contribution is 2.37. The minimum atomic E-state index is -4.49. The molecular formula is C14H14F3N3. The van der Waals surface area contributed by atoms with Crippen LogP contribution >= 0.6 is 0 Å². The minimum absolute atomic E-state index is 0.268. The Kier molecular flexibility index (Phi) is 3.09. The van der Waals surface area contributed by atoms with Crippen molar-refractivity contribution in [2.45, 2.75) is 18.6 Å². The Morgan fingerprint density at radius 3 is 2.80 bits per heavy atom. The molecule has 0 saturated carbocycles. The fourth-order valence-electron chi connectivity index (χ4n) is 3.21. The normalized spacial score (nSPS) is 25.6. The first-order valence-electron chi connectivity index (χ1n) is 6.59. The molecular weight excluding hydrogens is 267 g/mol. The number of hydrogen-bond acceptors (Lipinski definition) is 3. The Morgan fingerprint density at radius 2 is 2.10 bits per heavy atom. The quantitative estimate of drug-likeness (QED) is 0.859. The van der Waals surface area contributed by atoms with Gasteiger partial charge >= 0.3 is 6.18 Å².